The van der Waals surface area contributed by atoms with Crippen molar-refractivity contribution in [3.63, 3.8) is 0 Å². The van der Waals surface area contributed by atoms with E-state index in [0.29, 0.717) is 18.3 Å². The molecule has 1 aromatic carbocycles. The van der Waals surface area contributed by atoms with Crippen molar-refractivity contribution in [1.29, 1.82) is 0 Å². The molecule has 9 heteroatoms. The maximum absolute atomic E-state index is 12.8. The van der Waals surface area contributed by atoms with Crippen molar-refractivity contribution < 1.29 is 26.3 Å². The van der Waals surface area contributed by atoms with Crippen molar-refractivity contribution in [1.82, 2.24) is 4.98 Å². The second kappa shape index (κ2) is 5.62. The van der Waals surface area contributed by atoms with Crippen molar-refractivity contribution in [2.75, 3.05) is 0 Å². The Morgan fingerprint density at radius 3 is 1.95 bits per heavy atom. The average Bonchev–Trinajstić information content (AvgIpc) is 2.37. The van der Waals surface area contributed by atoms with E-state index in [2.05, 4.69) is 4.98 Å². The van der Waals surface area contributed by atoms with Crippen molar-refractivity contribution in [2.45, 2.75) is 12.4 Å². The van der Waals surface area contributed by atoms with Crippen LogP contribution in [0.15, 0.2) is 30.5 Å². The molecule has 0 atom stereocenters. The van der Waals surface area contributed by atoms with Crippen LogP contribution in [0.3, 0.4) is 0 Å². The molecule has 0 saturated carbocycles. The van der Waals surface area contributed by atoms with Crippen LogP contribution >= 0.6 is 23.2 Å². The molecule has 22 heavy (non-hydrogen) atoms. The molecule has 0 fully saturated rings. The summed E-state index contributed by atoms with van der Waals surface area (Å²) in [6.45, 7) is 0. The fraction of sp³-hybridized carbons (Fsp3) is 0.154. The van der Waals surface area contributed by atoms with E-state index in [1.807, 2.05) is 0 Å². The lowest BCUT2D eigenvalue weighted by atomic mass is 10.1. The van der Waals surface area contributed by atoms with Crippen LogP contribution in [0.5, 0.6) is 0 Å². The van der Waals surface area contributed by atoms with Gasteiger partial charge in [-0.1, -0.05) is 29.3 Å². The van der Waals surface area contributed by atoms with E-state index in [9.17, 15) is 26.3 Å². The summed E-state index contributed by atoms with van der Waals surface area (Å²) < 4.78 is 75.9. The highest BCUT2D eigenvalue weighted by molar-refractivity contribution is 6.33. The van der Waals surface area contributed by atoms with Crippen LogP contribution in [0.4, 0.5) is 26.3 Å². The van der Waals surface area contributed by atoms with Gasteiger partial charge in [-0.05, 0) is 18.2 Å². The monoisotopic (exact) mass is 359 g/mol. The first-order valence-corrected chi connectivity index (χ1v) is 6.35. The van der Waals surface area contributed by atoms with Gasteiger partial charge in [0.05, 0.1) is 26.9 Å². The molecule has 1 aromatic heterocycles. The highest BCUT2D eigenvalue weighted by Crippen LogP contribution is 2.39. The van der Waals surface area contributed by atoms with E-state index in [0.717, 1.165) is 6.07 Å². The number of alkyl halides is 6. The van der Waals surface area contributed by atoms with Crippen LogP contribution in [0, 0.1) is 0 Å². The van der Waals surface area contributed by atoms with E-state index >= 15 is 0 Å². The summed E-state index contributed by atoms with van der Waals surface area (Å²) >= 11 is 11.2. The van der Waals surface area contributed by atoms with Gasteiger partial charge in [-0.15, -0.1) is 0 Å². The summed E-state index contributed by atoms with van der Waals surface area (Å²) in [5.74, 6) is 0. The minimum absolute atomic E-state index is 0.0875. The summed E-state index contributed by atoms with van der Waals surface area (Å²) in [5, 5.41) is -0.940. The van der Waals surface area contributed by atoms with Crippen molar-refractivity contribution in [2.24, 2.45) is 0 Å². The molecule has 0 unspecified atom stereocenters. The number of hydrogen-bond acceptors (Lipinski definition) is 1. The number of hydrogen-bond donors (Lipinski definition) is 0. The van der Waals surface area contributed by atoms with Gasteiger partial charge in [0.1, 0.15) is 0 Å². The normalized spacial score (nSPS) is 12.5. The molecule has 2 rings (SSSR count). The minimum Gasteiger partial charge on any atom is -0.254 e. The molecule has 0 N–H and O–H groups in total. The van der Waals surface area contributed by atoms with Crippen LogP contribution < -0.4 is 0 Å². The summed E-state index contributed by atoms with van der Waals surface area (Å²) in [6, 6.07) is 3.46. The van der Waals surface area contributed by atoms with E-state index in [1.54, 1.807) is 0 Å². The van der Waals surface area contributed by atoms with Gasteiger partial charge in [-0.2, -0.15) is 26.3 Å². The van der Waals surface area contributed by atoms with Gasteiger partial charge in [0.15, 0.2) is 0 Å². The molecule has 1 heterocycles. The molecule has 2 aromatic rings. The van der Waals surface area contributed by atoms with Gasteiger partial charge in [0, 0.05) is 11.8 Å². The first kappa shape index (κ1) is 16.9. The highest BCUT2D eigenvalue weighted by atomic mass is 35.5. The van der Waals surface area contributed by atoms with Gasteiger partial charge in [0.2, 0.25) is 0 Å². The standard InChI is InChI=1S/C13H5Cl2F6N/c14-9-2-1-6(3-8(9)13(19,20)21)11-10(15)4-7(5-22-11)12(16,17)18/h1-5H. The van der Waals surface area contributed by atoms with Gasteiger partial charge in [0.25, 0.3) is 0 Å². The van der Waals surface area contributed by atoms with Crippen LogP contribution in [-0.4, -0.2) is 4.98 Å². The maximum Gasteiger partial charge on any atom is 0.417 e. The SMILES string of the molecule is FC(F)(F)c1cnc(-c2ccc(Cl)c(C(F)(F)F)c2)c(Cl)c1. The lowest BCUT2D eigenvalue weighted by Gasteiger charge is -2.12. The Balaban J connectivity index is 2.54. The second-order valence-electron chi connectivity index (χ2n) is 4.24. The molecule has 0 bridgehead atoms. The number of halogens is 8. The molecule has 0 aliphatic carbocycles. The number of rotatable bonds is 1. The third-order valence-electron chi connectivity index (χ3n) is 2.71. The number of pyridine rings is 1. The highest BCUT2D eigenvalue weighted by Gasteiger charge is 2.34. The number of aromatic nitrogens is 1. The topological polar surface area (TPSA) is 12.9 Å². The Bertz CT molecular complexity index is 709. The lowest BCUT2D eigenvalue weighted by molar-refractivity contribution is -0.138. The third-order valence-corrected chi connectivity index (χ3v) is 3.33. The van der Waals surface area contributed by atoms with Gasteiger partial charge in [-0.3, -0.25) is 4.98 Å². The predicted molar refractivity (Wildman–Crippen MR) is 69.7 cm³/mol. The third kappa shape index (κ3) is 3.47. The van der Waals surface area contributed by atoms with Crippen molar-refractivity contribution in [3.05, 3.63) is 51.6 Å². The summed E-state index contributed by atoms with van der Waals surface area (Å²) in [4.78, 5) is 3.51. The maximum atomic E-state index is 12.8. The Labute approximate surface area is 130 Å². The average molecular weight is 360 g/mol. The quantitative estimate of drug-likeness (QED) is 0.561. The minimum atomic E-state index is -4.70. The summed E-state index contributed by atoms with van der Waals surface area (Å²) in [5.41, 5.74) is -2.50. The van der Waals surface area contributed by atoms with E-state index in [-0.39, 0.29) is 11.3 Å². The Morgan fingerprint density at radius 1 is 0.818 bits per heavy atom. The summed E-state index contributed by atoms with van der Waals surface area (Å²) in [6.07, 6.45) is -8.85. The fourth-order valence-electron chi connectivity index (χ4n) is 1.70. The molecule has 1 nitrogen and oxygen atoms in total. The van der Waals surface area contributed by atoms with Crippen LogP contribution in [0.2, 0.25) is 10.0 Å². The Hall–Kier alpha value is -1.47. The molecule has 0 aliphatic heterocycles. The first-order chi connectivity index (χ1) is 10.00. The van der Waals surface area contributed by atoms with Crippen LogP contribution in [0.25, 0.3) is 11.3 Å². The number of benzene rings is 1. The van der Waals surface area contributed by atoms with Gasteiger partial charge >= 0.3 is 12.4 Å². The zero-order valence-electron chi connectivity index (χ0n) is 10.4. The lowest BCUT2D eigenvalue weighted by Crippen LogP contribution is -2.07. The molecular weight excluding hydrogens is 355 g/mol. The largest absolute Gasteiger partial charge is 0.417 e. The first-order valence-electron chi connectivity index (χ1n) is 5.60. The van der Waals surface area contributed by atoms with E-state index in [1.165, 1.54) is 6.07 Å². The second-order valence-corrected chi connectivity index (χ2v) is 5.06. The molecule has 118 valence electrons. The fourth-order valence-corrected chi connectivity index (χ4v) is 2.20. The summed E-state index contributed by atoms with van der Waals surface area (Å²) in [7, 11) is 0. The molecule has 0 saturated heterocycles. The van der Waals surface area contributed by atoms with E-state index in [4.69, 9.17) is 23.2 Å². The van der Waals surface area contributed by atoms with Crippen molar-refractivity contribution in [3.8, 4) is 11.3 Å². The zero-order valence-corrected chi connectivity index (χ0v) is 11.9. The van der Waals surface area contributed by atoms with Gasteiger partial charge < -0.3 is 0 Å². The predicted octanol–water partition coefficient (Wildman–Crippen LogP) is 6.09. The molecule has 0 aliphatic rings. The molecule has 0 amide bonds. The molecular formula is C13H5Cl2F6N. The van der Waals surface area contributed by atoms with E-state index < -0.39 is 33.5 Å². The zero-order chi connectivity index (χ0) is 16.7. The Morgan fingerprint density at radius 2 is 1.45 bits per heavy atom. The molecule has 0 radical (unpaired) electrons. The molecule has 0 spiro atoms. The van der Waals surface area contributed by atoms with Crippen LogP contribution in [-0.2, 0) is 12.4 Å². The number of nitrogens with zero attached hydrogens (tertiary/aromatic N) is 1. The van der Waals surface area contributed by atoms with Crippen molar-refractivity contribution >= 4 is 23.2 Å². The smallest absolute Gasteiger partial charge is 0.254 e. The van der Waals surface area contributed by atoms with Gasteiger partial charge in [-0.25, -0.2) is 0 Å². The van der Waals surface area contributed by atoms with Crippen LogP contribution in [0.1, 0.15) is 11.1 Å². The Kier molecular flexibility index (Phi) is 4.32.